The van der Waals surface area contributed by atoms with E-state index in [4.69, 9.17) is 4.55 Å². The van der Waals surface area contributed by atoms with Gasteiger partial charge in [0.15, 0.2) is 6.61 Å². The average molecular weight is 293 g/mol. The molecule has 0 amide bonds. The molecule has 0 spiro atoms. The molecule has 10 heteroatoms. The summed E-state index contributed by atoms with van der Waals surface area (Å²) in [5, 5.41) is -4.56. The largest absolute Gasteiger partial charge is 0.457 e. The summed E-state index contributed by atoms with van der Waals surface area (Å²) in [6.45, 7) is -1.09. The highest BCUT2D eigenvalue weighted by Gasteiger charge is 2.45. The molecular formula is C8H14F3NO5S. The summed E-state index contributed by atoms with van der Waals surface area (Å²) < 4.78 is 69.9. The van der Waals surface area contributed by atoms with E-state index in [1.54, 1.807) is 6.92 Å². The molecule has 0 rings (SSSR count). The van der Waals surface area contributed by atoms with Gasteiger partial charge in [-0.3, -0.25) is 14.2 Å². The molecule has 0 atom stereocenters. The Balaban J connectivity index is 4.27. The highest BCUT2D eigenvalue weighted by Crippen LogP contribution is 2.20. The molecule has 0 heterocycles. The van der Waals surface area contributed by atoms with Crippen LogP contribution in [0.15, 0.2) is 0 Å². The first-order chi connectivity index (χ1) is 8.14. The van der Waals surface area contributed by atoms with Crippen LogP contribution in [0.2, 0.25) is 0 Å². The highest BCUT2D eigenvalue weighted by molar-refractivity contribution is 7.86. The Morgan fingerprint density at radius 2 is 2.00 bits per heavy atom. The minimum Gasteiger partial charge on any atom is -0.457 e. The summed E-state index contributed by atoms with van der Waals surface area (Å²) in [4.78, 5) is 12.4. The lowest BCUT2D eigenvalue weighted by Gasteiger charge is -2.18. The van der Waals surface area contributed by atoms with Crippen LogP contribution >= 0.6 is 0 Å². The van der Waals surface area contributed by atoms with Crippen LogP contribution in [0, 0.1) is 0 Å². The number of rotatable bonds is 8. The number of carbonyl (C=O) groups excluding carboxylic acids is 1. The lowest BCUT2D eigenvalue weighted by molar-refractivity contribution is -0.150. The van der Waals surface area contributed by atoms with E-state index in [0.29, 0.717) is 6.54 Å². The highest BCUT2D eigenvalue weighted by atomic mass is 32.2. The Hall–Kier alpha value is -0.870. The minimum atomic E-state index is -5.63. The number of esters is 1. The van der Waals surface area contributed by atoms with Crippen LogP contribution in [-0.4, -0.2) is 62.0 Å². The van der Waals surface area contributed by atoms with Crippen molar-refractivity contribution in [2.45, 2.75) is 12.2 Å². The van der Waals surface area contributed by atoms with Gasteiger partial charge in [0.25, 0.3) is 0 Å². The monoisotopic (exact) mass is 293 g/mol. The second kappa shape index (κ2) is 6.90. The molecule has 0 aliphatic carbocycles. The number of halogens is 3. The third-order valence-electron chi connectivity index (χ3n) is 1.98. The van der Waals surface area contributed by atoms with Gasteiger partial charge in [-0.2, -0.15) is 17.2 Å². The molecular weight excluding hydrogens is 279 g/mol. The van der Waals surface area contributed by atoms with Crippen LogP contribution in [-0.2, 0) is 19.6 Å². The van der Waals surface area contributed by atoms with Gasteiger partial charge in [0.2, 0.25) is 0 Å². The first kappa shape index (κ1) is 17.1. The summed E-state index contributed by atoms with van der Waals surface area (Å²) in [6, 6.07) is 0. The number of nitrogens with zero attached hydrogens (tertiary/aromatic N) is 1. The smallest absolute Gasteiger partial charge is 0.402 e. The molecule has 0 fully saturated rings. The van der Waals surface area contributed by atoms with Crippen LogP contribution in [0.4, 0.5) is 13.2 Å². The molecule has 0 aromatic rings. The minimum absolute atomic E-state index is 0.0692. The van der Waals surface area contributed by atoms with Crippen molar-refractivity contribution in [3.63, 3.8) is 0 Å². The lowest BCUT2D eigenvalue weighted by Crippen LogP contribution is -2.38. The molecule has 18 heavy (non-hydrogen) atoms. The Morgan fingerprint density at radius 1 is 1.44 bits per heavy atom. The number of likely N-dealkylation sites (N-methyl/N-ethyl adjacent to an activating group) is 1. The summed E-state index contributed by atoms with van der Waals surface area (Å²) in [6.07, 6.45) is 0. The number of carbonyl (C=O) groups is 1. The summed E-state index contributed by atoms with van der Waals surface area (Å²) >= 11 is 0. The number of ether oxygens (including phenoxy) is 1. The van der Waals surface area contributed by atoms with Gasteiger partial charge in [-0.15, -0.1) is 0 Å². The Labute approximate surface area is 102 Å². The van der Waals surface area contributed by atoms with E-state index < -0.39 is 41.2 Å². The fraction of sp³-hybridized carbons (Fsp3) is 0.875. The fourth-order valence-electron chi connectivity index (χ4n) is 0.936. The summed E-state index contributed by atoms with van der Waals surface area (Å²) in [7, 11) is -5.63. The molecule has 0 aromatic heterocycles. The molecule has 0 aliphatic rings. The van der Waals surface area contributed by atoms with E-state index in [9.17, 15) is 26.4 Å². The number of hydrogen-bond acceptors (Lipinski definition) is 5. The van der Waals surface area contributed by atoms with Crippen molar-refractivity contribution in [1.82, 2.24) is 4.90 Å². The first-order valence-electron chi connectivity index (χ1n) is 4.93. The van der Waals surface area contributed by atoms with Gasteiger partial charge in [-0.1, -0.05) is 6.92 Å². The van der Waals surface area contributed by atoms with Gasteiger partial charge < -0.3 is 4.74 Å². The van der Waals surface area contributed by atoms with Gasteiger partial charge in [-0.25, -0.2) is 4.39 Å². The Kier molecular flexibility index (Phi) is 6.57. The van der Waals surface area contributed by atoms with Crippen molar-refractivity contribution in [2.75, 3.05) is 32.9 Å². The Morgan fingerprint density at radius 3 is 2.39 bits per heavy atom. The summed E-state index contributed by atoms with van der Waals surface area (Å²) in [5.41, 5.74) is 0. The van der Waals surface area contributed by atoms with Crippen molar-refractivity contribution in [3.05, 3.63) is 0 Å². The van der Waals surface area contributed by atoms with Crippen LogP contribution in [0.1, 0.15) is 6.92 Å². The Bertz CT molecular complexity index is 373. The third kappa shape index (κ3) is 5.65. The lowest BCUT2D eigenvalue weighted by atomic mass is 10.4. The maximum Gasteiger partial charge on any atom is 0.402 e. The summed E-state index contributed by atoms with van der Waals surface area (Å²) in [5.74, 6) is -1.13. The van der Waals surface area contributed by atoms with Crippen molar-refractivity contribution in [1.29, 1.82) is 0 Å². The van der Waals surface area contributed by atoms with E-state index in [1.807, 2.05) is 0 Å². The van der Waals surface area contributed by atoms with Crippen molar-refractivity contribution in [2.24, 2.45) is 0 Å². The van der Waals surface area contributed by atoms with Crippen LogP contribution in [0.3, 0.4) is 0 Å². The molecule has 0 bridgehead atoms. The zero-order valence-corrected chi connectivity index (χ0v) is 10.4. The molecule has 0 saturated carbocycles. The van der Waals surface area contributed by atoms with Crippen LogP contribution < -0.4 is 0 Å². The van der Waals surface area contributed by atoms with Crippen molar-refractivity contribution < 1.29 is 35.7 Å². The molecule has 108 valence electrons. The molecule has 6 nitrogen and oxygen atoms in total. The van der Waals surface area contributed by atoms with Crippen LogP contribution in [0.25, 0.3) is 0 Å². The standard InChI is InChI=1S/C8H14F3NO5S/c1-2-12(4-3-9)5-7(13)17-6-8(10,11)18(14,15)16/h2-6H2,1H3,(H,14,15,16). The van der Waals surface area contributed by atoms with E-state index in [0.717, 1.165) is 0 Å². The first-order valence-corrected chi connectivity index (χ1v) is 6.37. The maximum atomic E-state index is 12.7. The normalized spacial score (nSPS) is 12.8. The molecule has 0 aliphatic heterocycles. The van der Waals surface area contributed by atoms with Crippen LogP contribution in [0.5, 0.6) is 0 Å². The average Bonchev–Trinajstić information content (AvgIpc) is 2.24. The molecule has 0 aromatic carbocycles. The molecule has 1 N–H and O–H groups in total. The van der Waals surface area contributed by atoms with E-state index in [1.165, 1.54) is 4.90 Å². The predicted molar refractivity (Wildman–Crippen MR) is 55.5 cm³/mol. The zero-order chi connectivity index (χ0) is 14.4. The molecule has 0 saturated heterocycles. The second-order valence-corrected chi connectivity index (χ2v) is 4.88. The van der Waals surface area contributed by atoms with Gasteiger partial charge >= 0.3 is 21.3 Å². The molecule has 0 radical (unpaired) electrons. The van der Waals surface area contributed by atoms with E-state index >= 15 is 0 Å². The van der Waals surface area contributed by atoms with Gasteiger partial charge in [-0.05, 0) is 6.54 Å². The number of alkyl halides is 3. The van der Waals surface area contributed by atoms with Crippen molar-refractivity contribution in [3.8, 4) is 0 Å². The fourth-order valence-corrected chi connectivity index (χ4v) is 1.14. The van der Waals surface area contributed by atoms with Crippen molar-refractivity contribution >= 4 is 16.1 Å². The van der Waals surface area contributed by atoms with Gasteiger partial charge in [0.05, 0.1) is 6.54 Å². The SMILES string of the molecule is CCN(CCF)CC(=O)OCC(F)(F)S(=O)(=O)O. The van der Waals surface area contributed by atoms with Gasteiger partial charge in [0, 0.05) is 6.54 Å². The predicted octanol–water partition coefficient (Wildman–Crippen LogP) is 0.302. The van der Waals surface area contributed by atoms with E-state index in [2.05, 4.69) is 4.74 Å². The topological polar surface area (TPSA) is 83.9 Å². The van der Waals surface area contributed by atoms with Gasteiger partial charge in [0.1, 0.15) is 6.67 Å². The van der Waals surface area contributed by atoms with E-state index in [-0.39, 0.29) is 6.54 Å². The number of hydrogen-bond donors (Lipinski definition) is 1. The quantitative estimate of drug-likeness (QED) is 0.512. The second-order valence-electron chi connectivity index (χ2n) is 3.33. The maximum absolute atomic E-state index is 12.7. The third-order valence-corrected chi connectivity index (χ3v) is 2.85. The zero-order valence-electron chi connectivity index (χ0n) is 9.61. The molecule has 0 unspecified atom stereocenters.